The number of nitrogens with one attached hydrogen (secondary N) is 1. The van der Waals surface area contributed by atoms with Gasteiger partial charge in [-0.1, -0.05) is 25.9 Å². The molecular formula is C28H49N3O4. The van der Waals surface area contributed by atoms with E-state index < -0.39 is 6.09 Å². The molecule has 0 aromatic heterocycles. The fourth-order valence-electron chi connectivity index (χ4n) is 8.96. The Morgan fingerprint density at radius 1 is 1.06 bits per heavy atom. The Kier molecular flexibility index (Phi) is 8.49. The fraction of sp³-hybridized carbons (Fsp3) is 0.929. The maximum atomic E-state index is 12.6. The molecule has 0 aromatic carbocycles. The first-order chi connectivity index (χ1) is 16.7. The molecule has 0 spiro atoms. The summed E-state index contributed by atoms with van der Waals surface area (Å²) in [5.74, 6) is 3.31. The first-order valence-corrected chi connectivity index (χ1v) is 14.2. The molecule has 7 heteroatoms. The Labute approximate surface area is 212 Å². The zero-order valence-electron chi connectivity index (χ0n) is 22.5. The molecule has 4 rings (SSSR count). The topological polar surface area (TPSA) is 94.4 Å². The number of fused-ring (bicyclic) bond motifs is 5. The smallest absolute Gasteiger partial charge is 0.395 e. The molecule has 8 atom stereocenters. The molecule has 0 aromatic rings. The van der Waals surface area contributed by atoms with Crippen LogP contribution in [0.5, 0.6) is 0 Å². The van der Waals surface area contributed by atoms with Gasteiger partial charge in [-0.15, -0.1) is 0 Å². The number of hydrogen-bond acceptors (Lipinski definition) is 6. The van der Waals surface area contributed by atoms with Crippen LogP contribution in [-0.2, 0) is 4.84 Å². The normalized spacial score (nSPS) is 41.0. The minimum absolute atomic E-state index is 0.0897. The Morgan fingerprint density at radius 2 is 1.80 bits per heavy atom. The molecule has 0 bridgehead atoms. The lowest BCUT2D eigenvalue weighted by molar-refractivity contribution is -0.123. The number of nitrogens with zero attached hydrogens (tertiary/aromatic N) is 2. The molecule has 35 heavy (non-hydrogen) atoms. The molecule has 3 N–H and O–H groups in total. The van der Waals surface area contributed by atoms with Gasteiger partial charge >= 0.3 is 6.09 Å². The Bertz CT molecular complexity index is 775. The van der Waals surface area contributed by atoms with Crippen LogP contribution in [0.15, 0.2) is 5.16 Å². The molecule has 4 saturated carbocycles. The van der Waals surface area contributed by atoms with Crippen LogP contribution in [0.3, 0.4) is 0 Å². The van der Waals surface area contributed by atoms with E-state index in [0.717, 1.165) is 43.4 Å². The number of rotatable bonds is 8. The Balaban J connectivity index is 1.41. The van der Waals surface area contributed by atoms with Crippen molar-refractivity contribution in [2.45, 2.75) is 91.6 Å². The van der Waals surface area contributed by atoms with E-state index in [-0.39, 0.29) is 24.7 Å². The van der Waals surface area contributed by atoms with Crippen LogP contribution in [0, 0.1) is 40.4 Å². The van der Waals surface area contributed by atoms with Gasteiger partial charge in [0.25, 0.3) is 0 Å². The second-order valence-corrected chi connectivity index (χ2v) is 12.4. The predicted molar refractivity (Wildman–Crippen MR) is 138 cm³/mol. The van der Waals surface area contributed by atoms with Crippen LogP contribution >= 0.6 is 0 Å². The maximum Gasteiger partial charge on any atom is 0.436 e. The molecule has 7 nitrogen and oxygen atoms in total. The summed E-state index contributed by atoms with van der Waals surface area (Å²) in [6.07, 6.45) is 10.0. The highest BCUT2D eigenvalue weighted by Gasteiger charge is 2.60. The van der Waals surface area contributed by atoms with Gasteiger partial charge in [-0.3, -0.25) is 4.84 Å². The first kappa shape index (κ1) is 26.9. The van der Waals surface area contributed by atoms with Gasteiger partial charge in [-0.25, -0.2) is 4.79 Å². The van der Waals surface area contributed by atoms with Crippen molar-refractivity contribution in [3.05, 3.63) is 0 Å². The van der Waals surface area contributed by atoms with E-state index in [1.807, 2.05) is 13.8 Å². The van der Waals surface area contributed by atoms with Crippen LogP contribution < -0.4 is 5.32 Å². The SMILES string of the molecule is CCNCCN(CCO)C(=O)O/N=C(\C)[C@H]1CC[C@H]2[C@@H]3CC[C@H]4C[C@@H](O)CC[C@]4(C)[C@H]3CC[C@]12C. The largest absolute Gasteiger partial charge is 0.436 e. The lowest BCUT2D eigenvalue weighted by Crippen LogP contribution is -2.54. The van der Waals surface area contributed by atoms with Crippen LogP contribution in [0.4, 0.5) is 4.79 Å². The number of aliphatic hydroxyl groups is 2. The number of carbonyl (C=O) groups is 1. The third-order valence-corrected chi connectivity index (χ3v) is 10.8. The number of hydrogen-bond donors (Lipinski definition) is 3. The standard InChI is InChI=1S/C28H49N3O4/c1-5-29-14-15-31(16-17-32)26(34)35-30-19(2)23-8-9-24-22-7-6-20-18-21(33)10-12-27(20,3)25(22)11-13-28(23,24)4/h20-25,29,32-33H,5-18H2,1-4H3/b30-19+/t20-,21-,22-,23+,24-,25-,27-,28+/m0/s1. The van der Waals surface area contributed by atoms with E-state index in [9.17, 15) is 15.0 Å². The molecule has 0 saturated heterocycles. The number of carbonyl (C=O) groups excluding carboxylic acids is 1. The molecule has 200 valence electrons. The molecule has 4 aliphatic carbocycles. The monoisotopic (exact) mass is 491 g/mol. The summed E-state index contributed by atoms with van der Waals surface area (Å²) in [5, 5.41) is 27.2. The van der Waals surface area contributed by atoms with Crippen molar-refractivity contribution in [1.29, 1.82) is 0 Å². The molecule has 4 fully saturated rings. The zero-order chi connectivity index (χ0) is 25.2. The van der Waals surface area contributed by atoms with Gasteiger partial charge in [-0.2, -0.15) is 0 Å². The van der Waals surface area contributed by atoms with Gasteiger partial charge in [0.05, 0.1) is 18.4 Å². The van der Waals surface area contributed by atoms with Crippen molar-refractivity contribution in [1.82, 2.24) is 10.2 Å². The van der Waals surface area contributed by atoms with Crippen LogP contribution in [0.2, 0.25) is 0 Å². The van der Waals surface area contributed by atoms with E-state index >= 15 is 0 Å². The first-order valence-electron chi connectivity index (χ1n) is 14.2. The van der Waals surface area contributed by atoms with Crippen molar-refractivity contribution in [2.75, 3.05) is 32.8 Å². The minimum Gasteiger partial charge on any atom is -0.395 e. The quantitative estimate of drug-likeness (QED) is 0.202. The second kappa shape index (κ2) is 11.1. The van der Waals surface area contributed by atoms with Crippen molar-refractivity contribution in [2.24, 2.45) is 45.6 Å². The maximum absolute atomic E-state index is 12.6. The molecule has 0 radical (unpaired) electrons. The molecule has 0 heterocycles. The van der Waals surface area contributed by atoms with Gasteiger partial charge in [0.15, 0.2) is 0 Å². The van der Waals surface area contributed by atoms with E-state index in [0.29, 0.717) is 36.3 Å². The summed E-state index contributed by atoms with van der Waals surface area (Å²) in [4.78, 5) is 19.5. The number of oxime groups is 1. The third kappa shape index (κ3) is 5.15. The molecule has 0 aliphatic heterocycles. The number of aliphatic hydroxyl groups excluding tert-OH is 2. The van der Waals surface area contributed by atoms with E-state index in [2.05, 4.69) is 24.3 Å². The van der Waals surface area contributed by atoms with Gasteiger partial charge < -0.3 is 20.4 Å². The second-order valence-electron chi connectivity index (χ2n) is 12.4. The highest BCUT2D eigenvalue weighted by molar-refractivity contribution is 5.85. The summed E-state index contributed by atoms with van der Waals surface area (Å²) in [6.45, 7) is 11.2. The predicted octanol–water partition coefficient (Wildman–Crippen LogP) is 4.42. The van der Waals surface area contributed by atoms with Gasteiger partial charge in [0.2, 0.25) is 0 Å². The fourth-order valence-corrected chi connectivity index (χ4v) is 8.96. The number of likely N-dealkylation sites (N-methyl/N-ethyl adjacent to an activating group) is 1. The van der Waals surface area contributed by atoms with E-state index in [4.69, 9.17) is 4.84 Å². The van der Waals surface area contributed by atoms with Crippen LogP contribution in [-0.4, -0.2) is 65.8 Å². The van der Waals surface area contributed by atoms with E-state index in [1.54, 1.807) is 0 Å². The lowest BCUT2D eigenvalue weighted by atomic mass is 9.44. The highest BCUT2D eigenvalue weighted by atomic mass is 16.7. The summed E-state index contributed by atoms with van der Waals surface area (Å²) in [5.41, 5.74) is 1.55. The van der Waals surface area contributed by atoms with Crippen LogP contribution in [0.1, 0.15) is 85.5 Å². The zero-order valence-corrected chi connectivity index (χ0v) is 22.5. The molecule has 1 amide bonds. The van der Waals surface area contributed by atoms with Crippen molar-refractivity contribution >= 4 is 11.8 Å². The molecule has 4 aliphatic rings. The van der Waals surface area contributed by atoms with Crippen molar-refractivity contribution in [3.63, 3.8) is 0 Å². The summed E-state index contributed by atoms with van der Waals surface area (Å²) in [6, 6.07) is 0. The third-order valence-electron chi connectivity index (χ3n) is 10.8. The molecule has 0 unspecified atom stereocenters. The highest BCUT2D eigenvalue weighted by Crippen LogP contribution is 2.67. The summed E-state index contributed by atoms with van der Waals surface area (Å²) < 4.78 is 0. The summed E-state index contributed by atoms with van der Waals surface area (Å²) >= 11 is 0. The number of amides is 1. The van der Waals surface area contributed by atoms with Gasteiger partial charge in [0, 0.05) is 25.6 Å². The Morgan fingerprint density at radius 3 is 2.54 bits per heavy atom. The van der Waals surface area contributed by atoms with Crippen LogP contribution in [0.25, 0.3) is 0 Å². The average Bonchev–Trinajstić information content (AvgIpc) is 3.19. The lowest BCUT2D eigenvalue weighted by Gasteiger charge is -2.61. The van der Waals surface area contributed by atoms with Crippen molar-refractivity contribution in [3.8, 4) is 0 Å². The average molecular weight is 492 g/mol. The van der Waals surface area contributed by atoms with Gasteiger partial charge in [-0.05, 0) is 106 Å². The molecular weight excluding hydrogens is 442 g/mol. The van der Waals surface area contributed by atoms with E-state index in [1.165, 1.54) is 43.4 Å². The minimum atomic E-state index is -0.481. The summed E-state index contributed by atoms with van der Waals surface area (Å²) in [7, 11) is 0. The Hall–Kier alpha value is -1.18. The van der Waals surface area contributed by atoms with Gasteiger partial charge in [0.1, 0.15) is 0 Å². The van der Waals surface area contributed by atoms with Crippen molar-refractivity contribution < 1.29 is 19.8 Å².